The van der Waals surface area contributed by atoms with E-state index in [2.05, 4.69) is 6.58 Å². The number of unbranched alkanes of at least 4 members (excludes halogenated alkanes) is 2. The molecule has 0 heterocycles. The number of hydrogen-bond donors (Lipinski definition) is 2. The lowest BCUT2D eigenvalue weighted by molar-refractivity contribution is 0.280. The van der Waals surface area contributed by atoms with Crippen molar-refractivity contribution < 1.29 is 13.5 Å². The van der Waals surface area contributed by atoms with E-state index in [-0.39, 0.29) is 6.61 Å². The monoisotopic (exact) mass is 236 g/mol. The molecule has 0 aromatic heterocycles. The van der Waals surface area contributed by atoms with Crippen molar-refractivity contribution in [3.63, 3.8) is 0 Å². The summed E-state index contributed by atoms with van der Waals surface area (Å²) in [5, 5.41) is 13.6. The maximum atomic E-state index is 11.1. The molecule has 0 aliphatic rings. The van der Waals surface area contributed by atoms with Gasteiger partial charge in [0, 0.05) is 19.7 Å². The minimum absolute atomic E-state index is 0.141. The van der Waals surface area contributed by atoms with Gasteiger partial charge in [0.2, 0.25) is 0 Å². The van der Waals surface area contributed by atoms with Gasteiger partial charge in [0.15, 0.2) is 0 Å². The highest BCUT2D eigenvalue weighted by Gasteiger charge is 2.15. The van der Waals surface area contributed by atoms with E-state index in [9.17, 15) is 8.42 Å². The Balaban J connectivity index is 3.97. The largest absolute Gasteiger partial charge is 0.396 e. The molecule has 0 saturated heterocycles. The van der Waals surface area contributed by atoms with Crippen molar-refractivity contribution in [1.29, 1.82) is 0 Å². The average molecular weight is 236 g/mol. The molecule has 0 radical (unpaired) electrons. The first-order valence-electron chi connectivity index (χ1n) is 5.02. The number of hydrogen-bond acceptors (Lipinski definition) is 3. The van der Waals surface area contributed by atoms with Crippen LogP contribution in [0.1, 0.15) is 25.7 Å². The van der Waals surface area contributed by atoms with Crippen LogP contribution >= 0.6 is 0 Å². The molecule has 0 saturated carbocycles. The summed E-state index contributed by atoms with van der Waals surface area (Å²) in [5.41, 5.74) is 0. The van der Waals surface area contributed by atoms with Gasteiger partial charge in [0.05, 0.1) is 0 Å². The summed E-state index contributed by atoms with van der Waals surface area (Å²) >= 11 is 0. The van der Waals surface area contributed by atoms with Gasteiger partial charge in [0.25, 0.3) is 10.2 Å². The molecule has 90 valence electrons. The molecular formula is C9H20N2O3S. The maximum absolute atomic E-state index is 11.1. The van der Waals surface area contributed by atoms with E-state index in [0.29, 0.717) is 32.4 Å². The van der Waals surface area contributed by atoms with Crippen LogP contribution in [0.3, 0.4) is 0 Å². The number of nitrogens with zero attached hydrogens (tertiary/aromatic N) is 1. The first kappa shape index (κ1) is 14.6. The van der Waals surface area contributed by atoms with Gasteiger partial charge < -0.3 is 5.11 Å². The van der Waals surface area contributed by atoms with E-state index < -0.39 is 10.2 Å². The van der Waals surface area contributed by atoms with Crippen molar-refractivity contribution >= 4 is 10.2 Å². The Morgan fingerprint density at radius 1 is 1.27 bits per heavy atom. The quantitative estimate of drug-likeness (QED) is 0.444. The molecule has 5 nitrogen and oxygen atoms in total. The van der Waals surface area contributed by atoms with Crippen LogP contribution in [-0.2, 0) is 10.2 Å². The van der Waals surface area contributed by atoms with E-state index >= 15 is 0 Å². The van der Waals surface area contributed by atoms with Gasteiger partial charge in [-0.2, -0.15) is 12.7 Å². The minimum Gasteiger partial charge on any atom is -0.396 e. The van der Waals surface area contributed by atoms with Gasteiger partial charge in [-0.3, -0.25) is 0 Å². The van der Waals surface area contributed by atoms with Crippen LogP contribution in [0.2, 0.25) is 0 Å². The molecule has 0 bridgehead atoms. The standard InChI is InChI=1S/C9H20N2O3S/c1-2-3-7-11(15(10,13)14)8-5-4-6-9-12/h2,12H,1,3-9H2,(H2,10,13,14). The van der Waals surface area contributed by atoms with Gasteiger partial charge in [-0.1, -0.05) is 6.08 Å². The molecule has 0 unspecified atom stereocenters. The van der Waals surface area contributed by atoms with Crippen molar-refractivity contribution in [3.8, 4) is 0 Å². The Bertz CT molecular complexity index is 265. The Hall–Kier alpha value is -0.430. The van der Waals surface area contributed by atoms with Crippen LogP contribution in [0, 0.1) is 0 Å². The van der Waals surface area contributed by atoms with Crippen LogP contribution in [0.25, 0.3) is 0 Å². The topological polar surface area (TPSA) is 83.6 Å². The first-order valence-corrected chi connectivity index (χ1v) is 6.52. The summed E-state index contributed by atoms with van der Waals surface area (Å²) in [6.45, 7) is 4.46. The van der Waals surface area contributed by atoms with Crippen molar-refractivity contribution in [2.45, 2.75) is 25.7 Å². The highest BCUT2D eigenvalue weighted by molar-refractivity contribution is 7.86. The molecule has 0 fully saturated rings. The second-order valence-corrected chi connectivity index (χ2v) is 4.85. The molecule has 15 heavy (non-hydrogen) atoms. The summed E-state index contributed by atoms with van der Waals surface area (Å²) in [4.78, 5) is 0. The summed E-state index contributed by atoms with van der Waals surface area (Å²) in [7, 11) is -3.60. The predicted octanol–water partition coefficient (Wildman–Crippen LogP) is 0.231. The second kappa shape index (κ2) is 7.81. The Kier molecular flexibility index (Phi) is 7.59. The molecule has 0 aromatic carbocycles. The van der Waals surface area contributed by atoms with E-state index in [1.165, 1.54) is 4.31 Å². The van der Waals surface area contributed by atoms with Gasteiger partial charge >= 0.3 is 0 Å². The van der Waals surface area contributed by atoms with Gasteiger partial charge in [0.1, 0.15) is 0 Å². The molecule has 0 atom stereocenters. The van der Waals surface area contributed by atoms with E-state index in [1.807, 2.05) is 0 Å². The number of aliphatic hydroxyl groups is 1. The maximum Gasteiger partial charge on any atom is 0.276 e. The SMILES string of the molecule is C=CCCN(CCCCCO)S(N)(=O)=O. The van der Waals surface area contributed by atoms with E-state index in [1.54, 1.807) is 6.08 Å². The van der Waals surface area contributed by atoms with E-state index in [4.69, 9.17) is 10.2 Å². The molecule has 0 aliphatic heterocycles. The summed E-state index contributed by atoms with van der Waals surface area (Å²) in [6.07, 6.45) is 4.47. The molecular weight excluding hydrogens is 216 g/mol. The Morgan fingerprint density at radius 2 is 1.93 bits per heavy atom. The average Bonchev–Trinajstić information content (AvgIpc) is 2.15. The summed E-state index contributed by atoms with van der Waals surface area (Å²) in [6, 6.07) is 0. The number of nitrogens with two attached hydrogens (primary N) is 1. The third-order valence-corrected chi connectivity index (χ3v) is 3.09. The lowest BCUT2D eigenvalue weighted by Crippen LogP contribution is -2.37. The van der Waals surface area contributed by atoms with E-state index in [0.717, 1.165) is 6.42 Å². The summed E-state index contributed by atoms with van der Waals surface area (Å²) in [5.74, 6) is 0. The van der Waals surface area contributed by atoms with Crippen molar-refractivity contribution in [2.24, 2.45) is 5.14 Å². The molecule has 0 aromatic rings. The van der Waals surface area contributed by atoms with Crippen molar-refractivity contribution in [3.05, 3.63) is 12.7 Å². The minimum atomic E-state index is -3.60. The summed E-state index contributed by atoms with van der Waals surface area (Å²) < 4.78 is 23.5. The fourth-order valence-electron chi connectivity index (χ4n) is 1.18. The number of aliphatic hydroxyl groups excluding tert-OH is 1. The van der Waals surface area contributed by atoms with Crippen molar-refractivity contribution in [1.82, 2.24) is 4.31 Å². The molecule has 0 aliphatic carbocycles. The lowest BCUT2D eigenvalue weighted by Gasteiger charge is -2.18. The van der Waals surface area contributed by atoms with Crippen LogP contribution in [0.5, 0.6) is 0 Å². The van der Waals surface area contributed by atoms with Gasteiger partial charge in [-0.05, 0) is 25.7 Å². The second-order valence-electron chi connectivity index (χ2n) is 3.31. The zero-order chi connectivity index (χ0) is 11.7. The molecule has 0 rings (SSSR count). The van der Waals surface area contributed by atoms with Crippen LogP contribution in [0.15, 0.2) is 12.7 Å². The molecule has 0 amide bonds. The first-order chi connectivity index (χ1) is 7.02. The van der Waals surface area contributed by atoms with Crippen LogP contribution in [-0.4, -0.2) is 37.5 Å². The fraction of sp³-hybridized carbons (Fsp3) is 0.778. The highest BCUT2D eigenvalue weighted by Crippen LogP contribution is 2.03. The molecule has 6 heteroatoms. The molecule has 0 spiro atoms. The van der Waals surface area contributed by atoms with Gasteiger partial charge in [-0.15, -0.1) is 6.58 Å². The third kappa shape index (κ3) is 7.49. The Morgan fingerprint density at radius 3 is 2.40 bits per heavy atom. The predicted molar refractivity (Wildman–Crippen MR) is 60.4 cm³/mol. The Labute approximate surface area is 91.8 Å². The molecule has 3 N–H and O–H groups in total. The van der Waals surface area contributed by atoms with Crippen LogP contribution in [0.4, 0.5) is 0 Å². The van der Waals surface area contributed by atoms with Crippen molar-refractivity contribution in [2.75, 3.05) is 19.7 Å². The highest BCUT2D eigenvalue weighted by atomic mass is 32.2. The zero-order valence-corrected chi connectivity index (χ0v) is 9.75. The smallest absolute Gasteiger partial charge is 0.276 e. The third-order valence-electron chi connectivity index (χ3n) is 2.01. The lowest BCUT2D eigenvalue weighted by atomic mass is 10.2. The number of rotatable bonds is 9. The van der Waals surface area contributed by atoms with Gasteiger partial charge in [-0.25, -0.2) is 5.14 Å². The zero-order valence-electron chi connectivity index (χ0n) is 8.93. The normalized spacial score (nSPS) is 11.9. The fourth-order valence-corrected chi connectivity index (χ4v) is 1.92. The van der Waals surface area contributed by atoms with Crippen LogP contribution < -0.4 is 5.14 Å².